The summed E-state index contributed by atoms with van der Waals surface area (Å²) in [6, 6.07) is -0.110. The van der Waals surface area contributed by atoms with Crippen LogP contribution in [0.15, 0.2) is 0 Å². The highest BCUT2D eigenvalue weighted by Crippen LogP contribution is 2.18. The normalized spacial score (nSPS) is 17.8. The zero-order valence-electron chi connectivity index (χ0n) is 8.49. The number of aliphatic carboxylic acids is 1. The van der Waals surface area contributed by atoms with Crippen LogP contribution < -0.4 is 5.73 Å². The van der Waals surface area contributed by atoms with Gasteiger partial charge in [-0.3, -0.25) is 4.79 Å². The van der Waals surface area contributed by atoms with Crippen LogP contribution in [0.5, 0.6) is 0 Å². The third-order valence-electron chi connectivity index (χ3n) is 2.25. The van der Waals surface area contributed by atoms with Gasteiger partial charge in [0.1, 0.15) is 0 Å². The molecule has 0 aliphatic heterocycles. The predicted molar refractivity (Wildman–Crippen MR) is 50.4 cm³/mol. The number of hydrogen-bond donors (Lipinski definition) is 2. The lowest BCUT2D eigenvalue weighted by atomic mass is 9.86. The maximum Gasteiger partial charge on any atom is 0.303 e. The van der Waals surface area contributed by atoms with Crippen molar-refractivity contribution >= 4 is 5.97 Å². The number of carboxylic acids is 1. The highest BCUT2D eigenvalue weighted by molar-refractivity contribution is 5.67. The van der Waals surface area contributed by atoms with Crippen molar-refractivity contribution in [1.29, 1.82) is 0 Å². The molecule has 0 aromatic carbocycles. The maximum absolute atomic E-state index is 10.5. The number of hydrogen-bond acceptors (Lipinski definition) is 3. The van der Waals surface area contributed by atoms with Crippen molar-refractivity contribution in [2.45, 2.75) is 26.3 Å². The van der Waals surface area contributed by atoms with Crippen LogP contribution in [-0.4, -0.2) is 30.8 Å². The number of methoxy groups -OCH3 is 1. The second-order valence-electron chi connectivity index (χ2n) is 3.55. The molecular weight excluding hydrogens is 170 g/mol. The Labute approximate surface area is 79.1 Å². The molecule has 78 valence electrons. The summed E-state index contributed by atoms with van der Waals surface area (Å²) in [6.07, 6.45) is 0.113. The Kier molecular flexibility index (Phi) is 5.66. The number of carbonyl (C=O) groups is 1. The van der Waals surface area contributed by atoms with Crippen LogP contribution in [0, 0.1) is 11.8 Å². The third-order valence-corrected chi connectivity index (χ3v) is 2.25. The van der Waals surface area contributed by atoms with Crippen LogP contribution in [0.4, 0.5) is 0 Å². The molecule has 0 bridgehead atoms. The van der Waals surface area contributed by atoms with Gasteiger partial charge < -0.3 is 15.6 Å². The van der Waals surface area contributed by atoms with Gasteiger partial charge in [-0.05, 0) is 18.8 Å². The van der Waals surface area contributed by atoms with Crippen LogP contribution in [-0.2, 0) is 9.53 Å². The van der Waals surface area contributed by atoms with E-state index in [9.17, 15) is 4.79 Å². The molecule has 0 rings (SSSR count). The molecule has 0 aliphatic rings. The van der Waals surface area contributed by atoms with E-state index >= 15 is 0 Å². The minimum atomic E-state index is -0.801. The topological polar surface area (TPSA) is 72.5 Å². The molecule has 0 heterocycles. The fraction of sp³-hybridized carbons (Fsp3) is 0.889. The average Bonchev–Trinajstić information content (AvgIpc) is 1.99. The van der Waals surface area contributed by atoms with Crippen molar-refractivity contribution < 1.29 is 14.6 Å². The standard InChI is InChI=1S/C9H19NO3/c1-6(5-13-3)8(7(2)10)4-9(11)12/h6-8H,4-5,10H2,1-3H3,(H,11,12). The molecule has 0 spiro atoms. The Balaban J connectivity index is 4.14. The van der Waals surface area contributed by atoms with E-state index in [4.69, 9.17) is 15.6 Å². The highest BCUT2D eigenvalue weighted by atomic mass is 16.5. The van der Waals surface area contributed by atoms with Crippen LogP contribution in [0.2, 0.25) is 0 Å². The summed E-state index contributed by atoms with van der Waals surface area (Å²) in [5.41, 5.74) is 5.70. The molecule has 3 N–H and O–H groups in total. The van der Waals surface area contributed by atoms with E-state index in [2.05, 4.69) is 0 Å². The molecule has 0 fully saturated rings. The Bertz CT molecular complexity index is 159. The van der Waals surface area contributed by atoms with Crippen molar-refractivity contribution in [3.8, 4) is 0 Å². The maximum atomic E-state index is 10.5. The number of carboxylic acid groups (broad SMARTS) is 1. The van der Waals surface area contributed by atoms with Gasteiger partial charge in [0.15, 0.2) is 0 Å². The average molecular weight is 189 g/mol. The fourth-order valence-electron chi connectivity index (χ4n) is 1.49. The summed E-state index contributed by atoms with van der Waals surface area (Å²) in [7, 11) is 1.61. The Hall–Kier alpha value is -0.610. The van der Waals surface area contributed by atoms with Crippen molar-refractivity contribution in [1.82, 2.24) is 0 Å². The van der Waals surface area contributed by atoms with E-state index in [0.717, 1.165) is 0 Å². The molecule has 0 saturated heterocycles. The van der Waals surface area contributed by atoms with Gasteiger partial charge >= 0.3 is 5.97 Å². The summed E-state index contributed by atoms with van der Waals surface area (Å²) < 4.78 is 4.97. The van der Waals surface area contributed by atoms with Crippen molar-refractivity contribution in [3.05, 3.63) is 0 Å². The van der Waals surface area contributed by atoms with E-state index in [1.165, 1.54) is 0 Å². The molecule has 0 aromatic heterocycles. The summed E-state index contributed by atoms with van der Waals surface area (Å²) in [6.45, 7) is 4.35. The SMILES string of the molecule is COCC(C)C(CC(=O)O)C(C)N. The van der Waals surface area contributed by atoms with E-state index in [0.29, 0.717) is 6.61 Å². The van der Waals surface area contributed by atoms with Gasteiger partial charge in [-0.25, -0.2) is 0 Å². The molecule has 3 unspecified atom stereocenters. The molecule has 4 heteroatoms. The zero-order chi connectivity index (χ0) is 10.4. The Morgan fingerprint density at radius 2 is 2.08 bits per heavy atom. The lowest BCUT2D eigenvalue weighted by Gasteiger charge is -2.25. The van der Waals surface area contributed by atoms with Crippen LogP contribution >= 0.6 is 0 Å². The zero-order valence-corrected chi connectivity index (χ0v) is 8.49. The first kappa shape index (κ1) is 12.4. The molecule has 0 radical (unpaired) electrons. The number of ether oxygens (including phenoxy) is 1. The third kappa shape index (κ3) is 4.85. The molecule has 0 amide bonds. The van der Waals surface area contributed by atoms with Crippen molar-refractivity contribution in [2.24, 2.45) is 17.6 Å². The summed E-state index contributed by atoms with van der Waals surface area (Å²) in [4.78, 5) is 10.5. The first-order chi connectivity index (χ1) is 5.99. The van der Waals surface area contributed by atoms with Crippen LogP contribution in [0.3, 0.4) is 0 Å². The van der Waals surface area contributed by atoms with Crippen LogP contribution in [0.1, 0.15) is 20.3 Å². The first-order valence-corrected chi connectivity index (χ1v) is 4.45. The predicted octanol–water partition coefficient (Wildman–Crippen LogP) is 0.707. The van der Waals surface area contributed by atoms with Gasteiger partial charge in [0, 0.05) is 26.2 Å². The lowest BCUT2D eigenvalue weighted by molar-refractivity contribution is -0.138. The van der Waals surface area contributed by atoms with Gasteiger partial charge in [-0.15, -0.1) is 0 Å². The van der Waals surface area contributed by atoms with Gasteiger partial charge in [-0.1, -0.05) is 6.92 Å². The molecule has 0 saturated carbocycles. The van der Waals surface area contributed by atoms with Crippen molar-refractivity contribution in [2.75, 3.05) is 13.7 Å². The van der Waals surface area contributed by atoms with E-state index < -0.39 is 5.97 Å². The largest absolute Gasteiger partial charge is 0.481 e. The van der Waals surface area contributed by atoms with E-state index in [1.807, 2.05) is 13.8 Å². The summed E-state index contributed by atoms with van der Waals surface area (Å²) in [5, 5.41) is 8.65. The highest BCUT2D eigenvalue weighted by Gasteiger charge is 2.23. The second kappa shape index (κ2) is 5.94. The van der Waals surface area contributed by atoms with Crippen LogP contribution in [0.25, 0.3) is 0 Å². The minimum Gasteiger partial charge on any atom is -0.481 e. The Morgan fingerprint density at radius 1 is 1.54 bits per heavy atom. The van der Waals surface area contributed by atoms with Gasteiger partial charge in [0.2, 0.25) is 0 Å². The number of rotatable bonds is 6. The summed E-state index contributed by atoms with van der Waals surface area (Å²) >= 11 is 0. The Morgan fingerprint density at radius 3 is 2.38 bits per heavy atom. The smallest absolute Gasteiger partial charge is 0.303 e. The van der Waals surface area contributed by atoms with Gasteiger partial charge in [0.05, 0.1) is 0 Å². The molecule has 0 aliphatic carbocycles. The molecule has 0 aromatic rings. The summed E-state index contributed by atoms with van der Waals surface area (Å²) in [5.74, 6) is -0.635. The van der Waals surface area contributed by atoms with E-state index in [-0.39, 0.29) is 24.3 Å². The minimum absolute atomic E-state index is 0.0163. The second-order valence-corrected chi connectivity index (χ2v) is 3.55. The molecule has 4 nitrogen and oxygen atoms in total. The first-order valence-electron chi connectivity index (χ1n) is 4.45. The molecule has 13 heavy (non-hydrogen) atoms. The molecule has 3 atom stereocenters. The quantitative estimate of drug-likeness (QED) is 0.645. The number of nitrogens with two attached hydrogens (primary N) is 1. The monoisotopic (exact) mass is 189 g/mol. The van der Waals surface area contributed by atoms with Gasteiger partial charge in [-0.2, -0.15) is 0 Å². The van der Waals surface area contributed by atoms with Gasteiger partial charge in [0.25, 0.3) is 0 Å². The fourth-order valence-corrected chi connectivity index (χ4v) is 1.49. The van der Waals surface area contributed by atoms with Crippen molar-refractivity contribution in [3.63, 3.8) is 0 Å². The lowest BCUT2D eigenvalue weighted by Crippen LogP contribution is -2.34. The molecular formula is C9H19NO3. The van der Waals surface area contributed by atoms with E-state index in [1.54, 1.807) is 7.11 Å².